The quantitative estimate of drug-likeness (QED) is 0.240. The van der Waals surface area contributed by atoms with Gasteiger partial charge in [-0.2, -0.15) is 9.98 Å². The van der Waals surface area contributed by atoms with E-state index in [0.717, 1.165) is 19.4 Å². The van der Waals surface area contributed by atoms with Crippen molar-refractivity contribution in [2.75, 3.05) is 18.5 Å². The predicted octanol–water partition coefficient (Wildman–Crippen LogP) is 2.46. The highest BCUT2D eigenvalue weighted by Gasteiger charge is 2.12. The number of fused-ring (bicyclic) bond motifs is 1. The summed E-state index contributed by atoms with van der Waals surface area (Å²) in [5.74, 6) is 1.62. The molecule has 2 aromatic heterocycles. The third kappa shape index (κ3) is 5.63. The summed E-state index contributed by atoms with van der Waals surface area (Å²) in [6.45, 7) is 6.51. The van der Waals surface area contributed by atoms with Gasteiger partial charge < -0.3 is 15.8 Å². The van der Waals surface area contributed by atoms with Crippen LogP contribution >= 0.6 is 0 Å². The number of aryl methyl sites for hydroxylation is 1. The molecule has 0 saturated carbocycles. The van der Waals surface area contributed by atoms with Gasteiger partial charge in [-0.25, -0.2) is 10.4 Å². The van der Waals surface area contributed by atoms with Gasteiger partial charge >= 0.3 is 0 Å². The molecule has 4 N–H and O–H groups in total. The average molecular weight is 393 g/mol. The van der Waals surface area contributed by atoms with Crippen LogP contribution in [0.15, 0.2) is 66.4 Å². The number of nitrogens with one attached hydrogen (secondary N) is 3. The first-order chi connectivity index (χ1) is 14.2. The van der Waals surface area contributed by atoms with E-state index >= 15 is 0 Å². The molecule has 8 nitrogen and oxygen atoms in total. The molecule has 1 atom stereocenters. The number of aliphatic hydroxyl groups is 1. The molecule has 1 unspecified atom stereocenters. The van der Waals surface area contributed by atoms with Crippen LogP contribution in [0.4, 0.5) is 11.8 Å². The van der Waals surface area contributed by atoms with Crippen LogP contribution in [0.3, 0.4) is 0 Å². The first-order valence-corrected chi connectivity index (χ1v) is 9.69. The lowest BCUT2D eigenvalue weighted by Crippen LogP contribution is -2.35. The minimum Gasteiger partial charge on any atom is -0.394 e. The van der Waals surface area contributed by atoms with E-state index in [0.29, 0.717) is 23.2 Å². The molecule has 0 aliphatic carbocycles. The molecule has 0 fully saturated rings. The van der Waals surface area contributed by atoms with E-state index < -0.39 is 0 Å². The summed E-state index contributed by atoms with van der Waals surface area (Å²) in [5, 5.41) is 13.1. The third-order valence-corrected chi connectivity index (χ3v) is 4.37. The topological polar surface area (TPSA) is 98.9 Å². The Kier molecular flexibility index (Phi) is 7.32. The summed E-state index contributed by atoms with van der Waals surface area (Å²) < 4.78 is 1.79. The molecule has 2 heterocycles. The molecule has 0 aliphatic heterocycles. The van der Waals surface area contributed by atoms with Gasteiger partial charge in [0.1, 0.15) is 17.3 Å². The number of rotatable bonds is 10. The van der Waals surface area contributed by atoms with Crippen molar-refractivity contribution in [3.05, 3.63) is 67.0 Å². The lowest BCUT2D eigenvalue weighted by molar-refractivity contribution is 0.269. The first-order valence-electron chi connectivity index (χ1n) is 9.69. The zero-order valence-electron chi connectivity index (χ0n) is 16.5. The molecule has 29 heavy (non-hydrogen) atoms. The number of benzene rings is 1. The van der Waals surface area contributed by atoms with Gasteiger partial charge in [-0.05, 0) is 24.5 Å². The molecule has 8 heteroatoms. The second kappa shape index (κ2) is 10.4. The molecule has 3 rings (SSSR count). The van der Waals surface area contributed by atoms with E-state index in [-0.39, 0.29) is 12.6 Å². The van der Waals surface area contributed by atoms with Crippen molar-refractivity contribution in [1.82, 2.24) is 25.2 Å². The van der Waals surface area contributed by atoms with E-state index in [1.807, 2.05) is 31.2 Å². The Balaban J connectivity index is 1.79. The van der Waals surface area contributed by atoms with Crippen molar-refractivity contribution in [3.8, 4) is 0 Å². The van der Waals surface area contributed by atoms with Crippen molar-refractivity contribution in [2.45, 2.75) is 25.8 Å². The van der Waals surface area contributed by atoms with E-state index in [9.17, 15) is 5.11 Å². The summed E-state index contributed by atoms with van der Waals surface area (Å²) in [6.07, 6.45) is 6.76. The van der Waals surface area contributed by atoms with Crippen LogP contribution in [0.2, 0.25) is 0 Å². The number of aliphatic hydroxyl groups excluding tert-OH is 1. The monoisotopic (exact) mass is 393 g/mol. The Labute approximate surface area is 170 Å². The maximum Gasteiger partial charge on any atom is 0.239 e. The minimum absolute atomic E-state index is 0.00657. The molecule has 0 bridgehead atoms. The molecular formula is C21H27N7O. The van der Waals surface area contributed by atoms with Crippen molar-refractivity contribution >= 4 is 23.2 Å². The smallest absolute Gasteiger partial charge is 0.239 e. The number of hydrogen-bond acceptors (Lipinski definition) is 6. The molecule has 0 radical (unpaired) electrons. The van der Waals surface area contributed by atoms with Gasteiger partial charge in [-0.3, -0.25) is 4.40 Å². The lowest BCUT2D eigenvalue weighted by atomic mass is 10.1. The number of aliphatic imine (C=N–C) groups is 1. The maximum absolute atomic E-state index is 9.82. The Bertz CT molecular complexity index is 952. The van der Waals surface area contributed by atoms with Gasteiger partial charge in [0.15, 0.2) is 0 Å². The van der Waals surface area contributed by atoms with E-state index in [4.69, 9.17) is 0 Å². The van der Waals surface area contributed by atoms with E-state index in [2.05, 4.69) is 49.8 Å². The van der Waals surface area contributed by atoms with Gasteiger partial charge in [0.05, 0.1) is 12.6 Å². The molecule has 152 valence electrons. The SMILES string of the molecule is C=C/C(=N\c1nc(NC(CO)CCc2ccccc2)cc2nccn12)NNCC. The molecule has 0 saturated heterocycles. The molecule has 0 spiro atoms. The van der Waals surface area contributed by atoms with Crippen molar-refractivity contribution in [1.29, 1.82) is 0 Å². The number of hydrazine groups is 1. The summed E-state index contributed by atoms with van der Waals surface area (Å²) in [5.41, 5.74) is 7.93. The fraction of sp³-hybridized carbons (Fsp3) is 0.286. The van der Waals surface area contributed by atoms with Crippen LogP contribution in [0, 0.1) is 0 Å². The van der Waals surface area contributed by atoms with Crippen molar-refractivity contribution in [2.24, 2.45) is 4.99 Å². The highest BCUT2D eigenvalue weighted by Crippen LogP contribution is 2.19. The number of anilines is 1. The minimum atomic E-state index is -0.129. The summed E-state index contributed by atoms with van der Waals surface area (Å²) in [7, 11) is 0. The second-order valence-electron chi connectivity index (χ2n) is 6.50. The zero-order valence-corrected chi connectivity index (χ0v) is 16.5. The fourth-order valence-electron chi connectivity index (χ4n) is 2.87. The van der Waals surface area contributed by atoms with Crippen LogP contribution in [-0.4, -0.2) is 44.5 Å². The highest BCUT2D eigenvalue weighted by atomic mass is 16.3. The number of imidazole rings is 1. The number of aromatic nitrogens is 3. The fourth-order valence-corrected chi connectivity index (χ4v) is 2.87. The van der Waals surface area contributed by atoms with Gasteiger partial charge in [0.2, 0.25) is 5.95 Å². The van der Waals surface area contributed by atoms with Crippen LogP contribution in [0.5, 0.6) is 0 Å². The molecule has 1 aromatic carbocycles. The maximum atomic E-state index is 9.82. The van der Waals surface area contributed by atoms with Gasteiger partial charge in [-0.1, -0.05) is 43.8 Å². The summed E-state index contributed by atoms with van der Waals surface area (Å²) in [6, 6.07) is 11.9. The van der Waals surface area contributed by atoms with Gasteiger partial charge in [-0.15, -0.1) is 0 Å². The van der Waals surface area contributed by atoms with Crippen molar-refractivity contribution < 1.29 is 5.11 Å². The lowest BCUT2D eigenvalue weighted by Gasteiger charge is -2.17. The normalized spacial score (nSPS) is 12.7. The first kappa shape index (κ1) is 20.5. The standard InChI is InChI=1S/C21H27N7O/c1-3-18(27-23-4-2)25-21-26-19(14-20-22-12-13-28(20)21)24-17(15-29)11-10-16-8-6-5-7-9-16/h3,5-9,12-14,17,23-24,29H,1,4,10-11,15H2,2H3,(H,25,26,27). The van der Waals surface area contributed by atoms with Gasteiger partial charge in [0, 0.05) is 25.0 Å². The zero-order chi connectivity index (χ0) is 20.5. The number of nitrogens with zero attached hydrogens (tertiary/aromatic N) is 4. The Morgan fingerprint density at radius 1 is 1.34 bits per heavy atom. The summed E-state index contributed by atoms with van der Waals surface area (Å²) in [4.78, 5) is 13.5. The Hall–Kier alpha value is -3.23. The predicted molar refractivity (Wildman–Crippen MR) is 116 cm³/mol. The third-order valence-electron chi connectivity index (χ3n) is 4.37. The second-order valence-corrected chi connectivity index (χ2v) is 6.50. The molecular weight excluding hydrogens is 366 g/mol. The van der Waals surface area contributed by atoms with Crippen LogP contribution in [0.25, 0.3) is 5.65 Å². The molecule has 0 aliphatic rings. The Morgan fingerprint density at radius 3 is 2.90 bits per heavy atom. The number of hydrogen-bond donors (Lipinski definition) is 4. The highest BCUT2D eigenvalue weighted by molar-refractivity contribution is 5.93. The largest absolute Gasteiger partial charge is 0.394 e. The van der Waals surface area contributed by atoms with E-state index in [1.54, 1.807) is 22.9 Å². The van der Waals surface area contributed by atoms with Crippen LogP contribution in [-0.2, 0) is 6.42 Å². The molecule has 3 aromatic rings. The van der Waals surface area contributed by atoms with Crippen molar-refractivity contribution in [3.63, 3.8) is 0 Å². The summed E-state index contributed by atoms with van der Waals surface area (Å²) >= 11 is 0. The van der Waals surface area contributed by atoms with Crippen LogP contribution in [0.1, 0.15) is 18.9 Å². The molecule has 0 amide bonds. The average Bonchev–Trinajstić information content (AvgIpc) is 3.23. The van der Waals surface area contributed by atoms with Crippen LogP contribution < -0.4 is 16.2 Å². The number of amidine groups is 1. The van der Waals surface area contributed by atoms with Gasteiger partial charge in [0.25, 0.3) is 0 Å². The Morgan fingerprint density at radius 2 is 2.17 bits per heavy atom. The van der Waals surface area contributed by atoms with E-state index in [1.165, 1.54) is 5.56 Å².